The Labute approximate surface area is 161 Å². The monoisotopic (exact) mass is 384 g/mol. The van der Waals surface area contributed by atoms with Crippen LogP contribution in [0.25, 0.3) is 11.0 Å². The number of thioether (sulfide) groups is 1. The van der Waals surface area contributed by atoms with Gasteiger partial charge in [-0.05, 0) is 37.6 Å². The van der Waals surface area contributed by atoms with Crippen LogP contribution in [0.1, 0.15) is 16.7 Å². The van der Waals surface area contributed by atoms with Crippen molar-refractivity contribution in [2.75, 3.05) is 12.9 Å². The molecule has 0 atom stereocenters. The van der Waals surface area contributed by atoms with E-state index in [2.05, 4.69) is 6.07 Å². The van der Waals surface area contributed by atoms with Gasteiger partial charge in [0.25, 0.3) is 0 Å². The Hall–Kier alpha value is -2.73. The quantitative estimate of drug-likeness (QED) is 0.360. The fourth-order valence-electron chi connectivity index (χ4n) is 2.66. The van der Waals surface area contributed by atoms with Crippen molar-refractivity contribution < 1.29 is 18.7 Å². The summed E-state index contributed by atoms with van der Waals surface area (Å²) in [4.78, 5) is 25.0. The molecule has 27 heavy (non-hydrogen) atoms. The largest absolute Gasteiger partial charge is 0.497 e. The maximum atomic E-state index is 12.1. The molecule has 0 unspecified atom stereocenters. The van der Waals surface area contributed by atoms with Gasteiger partial charge in [-0.15, -0.1) is 11.8 Å². The summed E-state index contributed by atoms with van der Waals surface area (Å²) < 4.78 is 15.7. The van der Waals surface area contributed by atoms with Gasteiger partial charge in [0.1, 0.15) is 17.9 Å². The number of hydrogen-bond donors (Lipinski definition) is 0. The SMILES string of the molecule is COc1ccc2c(COC(=O)CSc3cc(C)ccc3C)cc(=O)oc2c1. The number of carbonyl (C=O) groups excluding carboxylic acids is 1. The minimum atomic E-state index is -0.494. The zero-order chi connectivity index (χ0) is 19.4. The summed E-state index contributed by atoms with van der Waals surface area (Å²) in [6.45, 7) is 4.04. The van der Waals surface area contributed by atoms with Gasteiger partial charge in [0, 0.05) is 28.0 Å². The molecule has 0 amide bonds. The third kappa shape index (κ3) is 4.71. The molecule has 3 rings (SSSR count). The van der Waals surface area contributed by atoms with E-state index >= 15 is 0 Å². The summed E-state index contributed by atoms with van der Waals surface area (Å²) in [7, 11) is 1.54. The molecule has 1 aromatic heterocycles. The number of carbonyl (C=O) groups is 1. The number of benzene rings is 2. The standard InChI is InChI=1S/C21H20O5S/c1-13-4-5-14(2)19(8-13)27-12-21(23)25-11-15-9-20(22)26-18-10-16(24-3)6-7-17(15)18/h4-10H,11-12H2,1-3H3. The minimum Gasteiger partial charge on any atom is -0.497 e. The summed E-state index contributed by atoms with van der Waals surface area (Å²) in [5.41, 5.74) is 2.78. The highest BCUT2D eigenvalue weighted by atomic mass is 32.2. The number of fused-ring (bicyclic) bond motifs is 1. The Kier molecular flexibility index (Phi) is 5.86. The molecule has 140 valence electrons. The van der Waals surface area contributed by atoms with Crippen molar-refractivity contribution in [2.45, 2.75) is 25.3 Å². The van der Waals surface area contributed by atoms with E-state index in [-0.39, 0.29) is 18.3 Å². The summed E-state index contributed by atoms with van der Waals surface area (Å²) >= 11 is 1.44. The topological polar surface area (TPSA) is 65.7 Å². The van der Waals surface area contributed by atoms with Gasteiger partial charge in [-0.2, -0.15) is 0 Å². The molecule has 5 nitrogen and oxygen atoms in total. The molecular weight excluding hydrogens is 364 g/mol. The highest BCUT2D eigenvalue weighted by Gasteiger charge is 2.11. The van der Waals surface area contributed by atoms with Crippen molar-refractivity contribution in [1.82, 2.24) is 0 Å². The molecule has 0 radical (unpaired) electrons. The van der Waals surface area contributed by atoms with Crippen LogP contribution in [0.3, 0.4) is 0 Å². The highest BCUT2D eigenvalue weighted by molar-refractivity contribution is 8.00. The van der Waals surface area contributed by atoms with Crippen LogP contribution in [0.15, 0.2) is 56.6 Å². The normalized spacial score (nSPS) is 10.8. The number of esters is 1. The van der Waals surface area contributed by atoms with Crippen molar-refractivity contribution >= 4 is 28.7 Å². The number of rotatable bonds is 6. The predicted octanol–water partition coefficient (Wildman–Crippen LogP) is 4.25. The fourth-order valence-corrected chi connectivity index (χ4v) is 3.58. The Morgan fingerprint density at radius 1 is 1.11 bits per heavy atom. The molecule has 0 aliphatic carbocycles. The summed E-state index contributed by atoms with van der Waals surface area (Å²) in [5.74, 6) is 0.456. The summed E-state index contributed by atoms with van der Waals surface area (Å²) in [6.07, 6.45) is 0. The van der Waals surface area contributed by atoms with E-state index in [1.165, 1.54) is 17.8 Å². The van der Waals surface area contributed by atoms with Gasteiger partial charge in [0.05, 0.1) is 12.9 Å². The van der Waals surface area contributed by atoms with Crippen LogP contribution in [0.2, 0.25) is 0 Å². The molecule has 1 heterocycles. The van der Waals surface area contributed by atoms with E-state index in [4.69, 9.17) is 13.9 Å². The maximum Gasteiger partial charge on any atom is 0.336 e. The molecule has 3 aromatic rings. The van der Waals surface area contributed by atoms with Gasteiger partial charge in [-0.25, -0.2) is 4.79 Å². The lowest BCUT2D eigenvalue weighted by Crippen LogP contribution is -2.09. The first kappa shape index (κ1) is 19.0. The molecule has 6 heteroatoms. The Morgan fingerprint density at radius 3 is 2.70 bits per heavy atom. The van der Waals surface area contributed by atoms with Crippen LogP contribution in [0, 0.1) is 13.8 Å². The molecule has 0 saturated carbocycles. The molecule has 0 saturated heterocycles. The van der Waals surface area contributed by atoms with Gasteiger partial charge >= 0.3 is 11.6 Å². The lowest BCUT2D eigenvalue weighted by molar-refractivity contribution is -0.141. The van der Waals surface area contributed by atoms with Crippen molar-refractivity contribution in [1.29, 1.82) is 0 Å². The number of aryl methyl sites for hydroxylation is 2. The van der Waals surface area contributed by atoms with Gasteiger partial charge < -0.3 is 13.9 Å². The number of ether oxygens (including phenoxy) is 2. The Morgan fingerprint density at radius 2 is 1.93 bits per heavy atom. The second-order valence-electron chi connectivity index (χ2n) is 6.17. The van der Waals surface area contributed by atoms with Crippen LogP contribution >= 0.6 is 11.8 Å². The predicted molar refractivity (Wildman–Crippen MR) is 105 cm³/mol. The third-order valence-corrected chi connectivity index (χ3v) is 5.25. The second-order valence-corrected chi connectivity index (χ2v) is 7.19. The third-order valence-electron chi connectivity index (χ3n) is 4.12. The van der Waals surface area contributed by atoms with Crippen LogP contribution in [-0.2, 0) is 16.1 Å². The lowest BCUT2D eigenvalue weighted by Gasteiger charge is -2.09. The summed E-state index contributed by atoms with van der Waals surface area (Å²) in [6, 6.07) is 12.7. The fraction of sp³-hybridized carbons (Fsp3) is 0.238. The molecule has 0 spiro atoms. The Balaban J connectivity index is 1.68. The molecule has 2 aromatic carbocycles. The molecule has 0 N–H and O–H groups in total. The van der Waals surface area contributed by atoms with Crippen molar-refractivity contribution in [2.24, 2.45) is 0 Å². The van der Waals surface area contributed by atoms with Crippen LogP contribution in [0.5, 0.6) is 5.75 Å². The first-order chi connectivity index (χ1) is 13.0. The van der Waals surface area contributed by atoms with Crippen LogP contribution in [-0.4, -0.2) is 18.8 Å². The van der Waals surface area contributed by atoms with E-state index in [0.29, 0.717) is 22.3 Å². The van der Waals surface area contributed by atoms with Crippen molar-refractivity contribution in [3.8, 4) is 5.75 Å². The van der Waals surface area contributed by atoms with Crippen LogP contribution in [0.4, 0.5) is 0 Å². The van der Waals surface area contributed by atoms with Crippen molar-refractivity contribution in [3.63, 3.8) is 0 Å². The van der Waals surface area contributed by atoms with Gasteiger partial charge in [-0.3, -0.25) is 4.79 Å². The molecule has 0 fully saturated rings. The van der Waals surface area contributed by atoms with E-state index in [1.807, 2.05) is 26.0 Å². The van der Waals surface area contributed by atoms with E-state index in [1.54, 1.807) is 25.3 Å². The molecule has 0 aliphatic heterocycles. The first-order valence-electron chi connectivity index (χ1n) is 8.42. The van der Waals surface area contributed by atoms with Gasteiger partial charge in [-0.1, -0.05) is 17.7 Å². The number of hydrogen-bond acceptors (Lipinski definition) is 6. The van der Waals surface area contributed by atoms with Crippen molar-refractivity contribution in [3.05, 3.63) is 69.6 Å². The van der Waals surface area contributed by atoms with Crippen LogP contribution < -0.4 is 10.4 Å². The zero-order valence-electron chi connectivity index (χ0n) is 15.4. The average Bonchev–Trinajstić information content (AvgIpc) is 2.66. The summed E-state index contributed by atoms with van der Waals surface area (Å²) in [5, 5.41) is 0.713. The van der Waals surface area contributed by atoms with Gasteiger partial charge in [0.15, 0.2) is 0 Å². The average molecular weight is 384 g/mol. The smallest absolute Gasteiger partial charge is 0.336 e. The van der Waals surface area contributed by atoms with E-state index in [0.717, 1.165) is 16.0 Å². The van der Waals surface area contributed by atoms with E-state index in [9.17, 15) is 9.59 Å². The lowest BCUT2D eigenvalue weighted by atomic mass is 10.1. The second kappa shape index (κ2) is 8.31. The van der Waals surface area contributed by atoms with E-state index < -0.39 is 5.63 Å². The molecule has 0 aliphatic rings. The Bertz CT molecular complexity index is 1040. The zero-order valence-corrected chi connectivity index (χ0v) is 16.2. The number of methoxy groups -OCH3 is 1. The highest BCUT2D eigenvalue weighted by Crippen LogP contribution is 2.25. The van der Waals surface area contributed by atoms with Gasteiger partial charge in [0.2, 0.25) is 0 Å². The maximum absolute atomic E-state index is 12.1. The molecule has 0 bridgehead atoms. The first-order valence-corrected chi connectivity index (χ1v) is 9.41. The minimum absolute atomic E-state index is 0.0145. The molecular formula is C21H20O5S.